The standard InChI is InChI=1S/C22H23F3N4O.C21H20BrF3N4O.2CH4/c1-11-18-16(10-29(21(11)30)22(4)8-9-22)20(28-13(3)27-18)26-12(2)14-6-5-7-15(17(14)23)19(24)25;1-10(12-5-4-6-13(16(12)23)18(24)25)26-19-14-9-29(21(3)7-8-21)20(30)15(22)17(14)27-11(2)28-19;;/h5-7,10,12,19H,8-9H2,1-4H3,(H,26,27,28);4-6,9-10,18H,7-8H2,1-3H3,(H,26,27,28);2*1H4/t12-;10-;;/m11../s1. The van der Waals surface area contributed by atoms with Crippen LogP contribution >= 0.6 is 15.9 Å². The van der Waals surface area contributed by atoms with E-state index in [0.29, 0.717) is 55.1 Å². The number of hydrogen-bond acceptors (Lipinski definition) is 8. The van der Waals surface area contributed by atoms with Crippen LogP contribution in [0, 0.1) is 32.4 Å². The third-order valence-corrected chi connectivity index (χ3v) is 12.2. The lowest BCUT2D eigenvalue weighted by atomic mass is 10.0. The van der Waals surface area contributed by atoms with Gasteiger partial charge in [-0.15, -0.1) is 0 Å². The fraction of sp³-hybridized carbons (Fsp3) is 0.422. The second kappa shape index (κ2) is 17.8. The second-order valence-electron chi connectivity index (χ2n) is 16.1. The van der Waals surface area contributed by atoms with E-state index in [2.05, 4.69) is 46.5 Å². The number of nitrogens with one attached hydrogen (secondary N) is 2. The van der Waals surface area contributed by atoms with E-state index in [1.807, 2.05) is 13.8 Å². The van der Waals surface area contributed by atoms with Crippen LogP contribution in [-0.4, -0.2) is 29.1 Å². The first-order chi connectivity index (χ1) is 28.2. The molecule has 2 aromatic carbocycles. The van der Waals surface area contributed by atoms with Crippen molar-refractivity contribution in [3.05, 3.63) is 125 Å². The Hall–Kier alpha value is -5.32. The van der Waals surface area contributed by atoms with Crippen LogP contribution in [0.25, 0.3) is 21.8 Å². The minimum Gasteiger partial charge on any atom is -0.363 e. The smallest absolute Gasteiger partial charge is 0.267 e. The summed E-state index contributed by atoms with van der Waals surface area (Å²) >= 11 is 3.37. The average Bonchev–Trinajstić information content (AvgIpc) is 4.12. The Bertz CT molecular complexity index is 2600. The molecule has 8 rings (SSSR count). The van der Waals surface area contributed by atoms with Gasteiger partial charge in [0.25, 0.3) is 24.0 Å². The van der Waals surface area contributed by atoms with Crippen LogP contribution in [0.5, 0.6) is 0 Å². The van der Waals surface area contributed by atoms with Crippen molar-refractivity contribution in [2.45, 2.75) is 125 Å². The summed E-state index contributed by atoms with van der Waals surface area (Å²) in [6.45, 7) is 12.5. The number of pyridine rings is 2. The molecular weight excluding hydrogens is 878 g/mol. The Balaban J connectivity index is 0.000000227. The van der Waals surface area contributed by atoms with Gasteiger partial charge in [-0.1, -0.05) is 51.3 Å². The summed E-state index contributed by atoms with van der Waals surface area (Å²) in [7, 11) is 0. The van der Waals surface area contributed by atoms with Gasteiger partial charge in [0, 0.05) is 40.2 Å². The first kappa shape index (κ1) is 47.7. The molecule has 2 aliphatic carbocycles. The number of aryl methyl sites for hydroxylation is 3. The molecule has 10 nitrogen and oxygen atoms in total. The highest BCUT2D eigenvalue weighted by atomic mass is 79.9. The Labute approximate surface area is 364 Å². The largest absolute Gasteiger partial charge is 0.363 e. The molecule has 2 fully saturated rings. The molecule has 2 aliphatic rings. The van der Waals surface area contributed by atoms with Crippen LogP contribution in [0.1, 0.15) is 133 Å². The predicted octanol–water partition coefficient (Wildman–Crippen LogP) is 12.1. The van der Waals surface area contributed by atoms with Crippen molar-refractivity contribution in [2.75, 3.05) is 10.6 Å². The Kier molecular flexibility index (Phi) is 13.7. The van der Waals surface area contributed by atoms with Crippen LogP contribution in [0.3, 0.4) is 0 Å². The van der Waals surface area contributed by atoms with Crippen molar-refractivity contribution in [2.24, 2.45) is 0 Å². The normalized spacial score (nSPS) is 15.6. The number of hydrogen-bond donors (Lipinski definition) is 2. The lowest BCUT2D eigenvalue weighted by Gasteiger charge is -2.21. The molecule has 0 unspecified atom stereocenters. The van der Waals surface area contributed by atoms with Crippen LogP contribution in [-0.2, 0) is 11.1 Å². The summed E-state index contributed by atoms with van der Waals surface area (Å²) in [6.07, 6.45) is 1.28. The summed E-state index contributed by atoms with van der Waals surface area (Å²) < 4.78 is 85.3. The fourth-order valence-corrected chi connectivity index (χ4v) is 7.79. The monoisotopic (exact) mass is 928 g/mol. The van der Waals surface area contributed by atoms with Gasteiger partial charge in [0.2, 0.25) is 0 Å². The first-order valence-corrected chi connectivity index (χ1v) is 20.2. The molecule has 4 heterocycles. The summed E-state index contributed by atoms with van der Waals surface area (Å²) in [5, 5.41) is 7.50. The zero-order chi connectivity index (χ0) is 43.6. The number of alkyl halides is 4. The van der Waals surface area contributed by atoms with Gasteiger partial charge in [0.15, 0.2) is 0 Å². The van der Waals surface area contributed by atoms with E-state index in [4.69, 9.17) is 0 Å². The number of fused-ring (bicyclic) bond motifs is 2. The topological polar surface area (TPSA) is 120 Å². The second-order valence-corrected chi connectivity index (χ2v) is 16.9. The zero-order valence-electron chi connectivity index (χ0n) is 33.9. The van der Waals surface area contributed by atoms with Gasteiger partial charge in [-0.25, -0.2) is 46.3 Å². The quantitative estimate of drug-likeness (QED) is 0.130. The van der Waals surface area contributed by atoms with Crippen LogP contribution < -0.4 is 21.8 Å². The first-order valence-electron chi connectivity index (χ1n) is 19.4. The minimum absolute atomic E-state index is 0. The van der Waals surface area contributed by atoms with Gasteiger partial charge in [-0.2, -0.15) is 0 Å². The maximum atomic E-state index is 14.6. The third-order valence-electron chi connectivity index (χ3n) is 11.5. The lowest BCUT2D eigenvalue weighted by molar-refractivity contribution is 0.145. The predicted molar refractivity (Wildman–Crippen MR) is 236 cm³/mol. The van der Waals surface area contributed by atoms with E-state index in [9.17, 15) is 35.9 Å². The van der Waals surface area contributed by atoms with Gasteiger partial charge in [0.05, 0.1) is 45.0 Å². The molecule has 6 aromatic rings. The molecule has 0 radical (unpaired) electrons. The Morgan fingerprint density at radius 2 is 1.00 bits per heavy atom. The highest BCUT2D eigenvalue weighted by Gasteiger charge is 2.42. The van der Waals surface area contributed by atoms with Gasteiger partial charge < -0.3 is 19.8 Å². The molecule has 0 aliphatic heterocycles. The maximum Gasteiger partial charge on any atom is 0.267 e. The molecule has 2 saturated carbocycles. The molecule has 0 saturated heterocycles. The van der Waals surface area contributed by atoms with E-state index in [0.717, 1.165) is 37.8 Å². The van der Waals surface area contributed by atoms with Crippen molar-refractivity contribution < 1.29 is 26.3 Å². The number of halogens is 7. The van der Waals surface area contributed by atoms with Gasteiger partial charge in [0.1, 0.15) is 39.4 Å². The van der Waals surface area contributed by atoms with E-state index < -0.39 is 47.7 Å². The summed E-state index contributed by atoms with van der Waals surface area (Å²) in [5.74, 6) is -0.141. The summed E-state index contributed by atoms with van der Waals surface area (Å²) in [5.41, 5.74) is -0.261. The fourth-order valence-electron chi connectivity index (χ4n) is 7.30. The number of anilines is 2. The number of aromatic nitrogens is 6. The molecule has 2 N–H and O–H groups in total. The highest BCUT2D eigenvalue weighted by Crippen LogP contribution is 2.44. The van der Waals surface area contributed by atoms with Crippen molar-refractivity contribution in [3.8, 4) is 0 Å². The van der Waals surface area contributed by atoms with E-state index in [-0.39, 0.29) is 48.2 Å². The molecule has 2 atom stereocenters. The van der Waals surface area contributed by atoms with Gasteiger partial charge in [-0.05, 0) is 90.1 Å². The Morgan fingerprint density at radius 1 is 0.629 bits per heavy atom. The van der Waals surface area contributed by atoms with Crippen molar-refractivity contribution >= 4 is 49.4 Å². The molecule has 0 bridgehead atoms. The van der Waals surface area contributed by atoms with Crippen molar-refractivity contribution in [1.29, 1.82) is 0 Å². The highest BCUT2D eigenvalue weighted by molar-refractivity contribution is 9.10. The Morgan fingerprint density at radius 3 is 1.40 bits per heavy atom. The molecular formula is C45H51BrF6N8O2. The molecule has 62 heavy (non-hydrogen) atoms. The maximum absolute atomic E-state index is 14.6. The SMILES string of the molecule is C.C.Cc1nc(N[C@H](C)c2cccc(C(F)F)c2F)c2cn(C3(C)CC3)c(=O)c(Br)c2n1.Cc1nc(N[C@H](C)c2cccc(C(F)F)c2F)c2cn(C3(C)CC3)c(=O)c(C)c2n1. The average molecular weight is 930 g/mol. The van der Waals surface area contributed by atoms with Crippen molar-refractivity contribution in [3.63, 3.8) is 0 Å². The third kappa shape index (κ3) is 8.95. The minimum atomic E-state index is -2.90. The van der Waals surface area contributed by atoms with Gasteiger partial charge >= 0.3 is 0 Å². The van der Waals surface area contributed by atoms with Crippen LogP contribution in [0.15, 0.2) is 62.9 Å². The van der Waals surface area contributed by atoms with E-state index >= 15 is 0 Å². The molecule has 0 spiro atoms. The molecule has 4 aromatic heterocycles. The van der Waals surface area contributed by atoms with E-state index in [1.165, 1.54) is 24.3 Å². The van der Waals surface area contributed by atoms with Crippen molar-refractivity contribution in [1.82, 2.24) is 29.1 Å². The van der Waals surface area contributed by atoms with E-state index in [1.54, 1.807) is 56.1 Å². The lowest BCUT2D eigenvalue weighted by Crippen LogP contribution is -2.30. The molecule has 0 amide bonds. The number of nitrogens with zero attached hydrogens (tertiary/aromatic N) is 6. The summed E-state index contributed by atoms with van der Waals surface area (Å²) in [4.78, 5) is 43.4. The van der Waals surface area contributed by atoms with Gasteiger partial charge in [-0.3, -0.25) is 9.59 Å². The molecule has 332 valence electrons. The number of rotatable bonds is 10. The zero-order valence-corrected chi connectivity index (χ0v) is 35.5. The number of benzene rings is 2. The van der Waals surface area contributed by atoms with Crippen LogP contribution in [0.4, 0.5) is 38.0 Å². The van der Waals surface area contributed by atoms with Crippen LogP contribution in [0.2, 0.25) is 0 Å². The summed E-state index contributed by atoms with van der Waals surface area (Å²) in [6, 6.07) is 6.65. The molecule has 17 heteroatoms.